The van der Waals surface area contributed by atoms with Crippen molar-refractivity contribution in [3.63, 3.8) is 0 Å². The van der Waals surface area contributed by atoms with E-state index in [9.17, 15) is 5.11 Å². The molecule has 2 atom stereocenters. The second kappa shape index (κ2) is 6.15. The van der Waals surface area contributed by atoms with Gasteiger partial charge >= 0.3 is 0 Å². The zero-order valence-electron chi connectivity index (χ0n) is 10.4. The summed E-state index contributed by atoms with van der Waals surface area (Å²) in [5.74, 6) is 1.38. The fourth-order valence-corrected chi connectivity index (χ4v) is 2.38. The monoisotopic (exact) mass is 271 g/mol. The lowest BCUT2D eigenvalue weighted by molar-refractivity contribution is 0.104. The van der Waals surface area contributed by atoms with Crippen molar-refractivity contribution in [2.24, 2.45) is 5.92 Å². The van der Waals surface area contributed by atoms with Gasteiger partial charge in [-0.2, -0.15) is 15.0 Å². The minimum atomic E-state index is -0.166. The molecule has 0 saturated heterocycles. The molecule has 1 saturated carbocycles. The molecule has 2 rings (SSSR count). The van der Waals surface area contributed by atoms with Crippen LogP contribution in [0, 0.1) is 5.92 Å². The molecule has 1 aromatic rings. The molecule has 1 aliphatic rings. The van der Waals surface area contributed by atoms with Crippen molar-refractivity contribution in [2.75, 3.05) is 24.2 Å². The van der Waals surface area contributed by atoms with Gasteiger partial charge in [-0.1, -0.05) is 6.42 Å². The van der Waals surface area contributed by atoms with Gasteiger partial charge in [-0.15, -0.1) is 0 Å². The van der Waals surface area contributed by atoms with Crippen molar-refractivity contribution in [1.82, 2.24) is 15.0 Å². The number of hydrogen-bond acceptors (Lipinski definition) is 6. The normalized spacial score (nSPS) is 23.7. The van der Waals surface area contributed by atoms with Gasteiger partial charge in [-0.25, -0.2) is 0 Å². The van der Waals surface area contributed by atoms with Crippen molar-refractivity contribution >= 4 is 23.5 Å². The molecule has 0 radical (unpaired) electrons. The molecule has 0 amide bonds. The summed E-state index contributed by atoms with van der Waals surface area (Å²) < 4.78 is 0. The highest BCUT2D eigenvalue weighted by Gasteiger charge is 2.20. The van der Waals surface area contributed by atoms with Crippen LogP contribution in [0.25, 0.3) is 0 Å². The van der Waals surface area contributed by atoms with Gasteiger partial charge in [0.25, 0.3) is 0 Å². The standard InChI is InChI=1S/C11H18ClN5O/c1-13-10-15-9(12)16-11(17-10)14-6-7-3-2-4-8(18)5-7/h7-8,18H,2-6H2,1H3,(H2,13,14,15,16,17). The minimum Gasteiger partial charge on any atom is -0.393 e. The molecule has 3 N–H and O–H groups in total. The predicted molar refractivity (Wildman–Crippen MR) is 70.8 cm³/mol. The molecule has 0 spiro atoms. The van der Waals surface area contributed by atoms with Crippen molar-refractivity contribution < 1.29 is 5.11 Å². The van der Waals surface area contributed by atoms with E-state index < -0.39 is 0 Å². The van der Waals surface area contributed by atoms with Crippen molar-refractivity contribution in [2.45, 2.75) is 31.8 Å². The Kier molecular flexibility index (Phi) is 4.54. The van der Waals surface area contributed by atoms with E-state index in [4.69, 9.17) is 11.6 Å². The summed E-state index contributed by atoms with van der Waals surface area (Å²) in [6, 6.07) is 0. The molecule has 0 aliphatic heterocycles. The second-order valence-corrected chi connectivity index (χ2v) is 4.91. The molecular formula is C11H18ClN5O. The number of aromatic nitrogens is 3. The Balaban J connectivity index is 1.91. The highest BCUT2D eigenvalue weighted by Crippen LogP contribution is 2.24. The molecule has 0 aromatic carbocycles. The average molecular weight is 272 g/mol. The topological polar surface area (TPSA) is 83.0 Å². The summed E-state index contributed by atoms with van der Waals surface area (Å²) in [5, 5.41) is 15.7. The number of hydrogen-bond donors (Lipinski definition) is 3. The Morgan fingerprint density at radius 3 is 2.78 bits per heavy atom. The summed E-state index contributed by atoms with van der Waals surface area (Å²) in [5.41, 5.74) is 0. The number of aliphatic hydroxyl groups excluding tert-OH is 1. The lowest BCUT2D eigenvalue weighted by Gasteiger charge is -2.25. The predicted octanol–water partition coefficient (Wildman–Crippen LogP) is 1.53. The van der Waals surface area contributed by atoms with E-state index in [1.165, 1.54) is 0 Å². The SMILES string of the molecule is CNc1nc(Cl)nc(NCC2CCCC(O)C2)n1. The fourth-order valence-electron chi connectivity index (χ4n) is 2.22. The van der Waals surface area contributed by atoms with E-state index >= 15 is 0 Å². The summed E-state index contributed by atoms with van der Waals surface area (Å²) in [4.78, 5) is 12.1. The molecule has 1 aliphatic carbocycles. The van der Waals surface area contributed by atoms with E-state index in [1.54, 1.807) is 7.05 Å². The van der Waals surface area contributed by atoms with Crippen molar-refractivity contribution in [3.8, 4) is 0 Å². The molecule has 7 heteroatoms. The Bertz CT molecular complexity index is 403. The molecule has 1 heterocycles. The fraction of sp³-hybridized carbons (Fsp3) is 0.727. The van der Waals surface area contributed by atoms with Crippen LogP contribution in [0.1, 0.15) is 25.7 Å². The van der Waals surface area contributed by atoms with E-state index in [2.05, 4.69) is 25.6 Å². The van der Waals surface area contributed by atoms with Gasteiger partial charge < -0.3 is 15.7 Å². The molecule has 18 heavy (non-hydrogen) atoms. The van der Waals surface area contributed by atoms with E-state index in [1.807, 2.05) is 0 Å². The summed E-state index contributed by atoms with van der Waals surface area (Å²) in [6.07, 6.45) is 3.79. The number of aliphatic hydroxyl groups is 1. The zero-order valence-corrected chi connectivity index (χ0v) is 11.1. The van der Waals surface area contributed by atoms with Crippen LogP contribution < -0.4 is 10.6 Å². The smallest absolute Gasteiger partial charge is 0.228 e. The molecule has 1 fully saturated rings. The molecular weight excluding hydrogens is 254 g/mol. The van der Waals surface area contributed by atoms with Crippen LogP contribution in [0.2, 0.25) is 5.28 Å². The first-order valence-electron chi connectivity index (χ1n) is 6.18. The Labute approximate surface area is 111 Å². The number of nitrogens with zero attached hydrogens (tertiary/aromatic N) is 3. The van der Waals surface area contributed by atoms with Crippen LogP contribution in [-0.4, -0.2) is 39.8 Å². The first kappa shape index (κ1) is 13.3. The van der Waals surface area contributed by atoms with Crippen LogP contribution in [0.3, 0.4) is 0 Å². The third-order valence-corrected chi connectivity index (χ3v) is 3.30. The highest BCUT2D eigenvalue weighted by atomic mass is 35.5. The lowest BCUT2D eigenvalue weighted by Crippen LogP contribution is -2.25. The quantitative estimate of drug-likeness (QED) is 0.770. The van der Waals surface area contributed by atoms with E-state index in [0.717, 1.165) is 32.2 Å². The number of nitrogens with one attached hydrogen (secondary N) is 2. The number of rotatable bonds is 4. The second-order valence-electron chi connectivity index (χ2n) is 4.57. The first-order valence-corrected chi connectivity index (χ1v) is 6.56. The van der Waals surface area contributed by atoms with Crippen LogP contribution in [-0.2, 0) is 0 Å². The van der Waals surface area contributed by atoms with Gasteiger partial charge in [-0.3, -0.25) is 0 Å². The van der Waals surface area contributed by atoms with Crippen molar-refractivity contribution in [3.05, 3.63) is 5.28 Å². The molecule has 100 valence electrons. The van der Waals surface area contributed by atoms with Gasteiger partial charge in [-0.05, 0) is 36.8 Å². The Morgan fingerprint density at radius 1 is 1.28 bits per heavy atom. The maximum Gasteiger partial charge on any atom is 0.228 e. The summed E-state index contributed by atoms with van der Waals surface area (Å²) >= 11 is 5.79. The van der Waals surface area contributed by atoms with Gasteiger partial charge in [0.05, 0.1) is 6.10 Å². The van der Waals surface area contributed by atoms with Crippen LogP contribution >= 0.6 is 11.6 Å². The maximum absolute atomic E-state index is 9.60. The molecule has 2 unspecified atom stereocenters. The largest absolute Gasteiger partial charge is 0.393 e. The Morgan fingerprint density at radius 2 is 2.06 bits per heavy atom. The van der Waals surface area contributed by atoms with Crippen LogP contribution in [0.15, 0.2) is 0 Å². The van der Waals surface area contributed by atoms with Crippen molar-refractivity contribution in [1.29, 1.82) is 0 Å². The Hall–Kier alpha value is -1.14. The van der Waals surface area contributed by atoms with Crippen LogP contribution in [0.4, 0.5) is 11.9 Å². The van der Waals surface area contributed by atoms with Gasteiger partial charge in [0.15, 0.2) is 0 Å². The highest BCUT2D eigenvalue weighted by molar-refractivity contribution is 6.28. The summed E-state index contributed by atoms with van der Waals surface area (Å²) in [7, 11) is 1.73. The van der Waals surface area contributed by atoms with Gasteiger partial charge in [0, 0.05) is 13.6 Å². The summed E-state index contributed by atoms with van der Waals surface area (Å²) in [6.45, 7) is 0.751. The number of halogens is 1. The van der Waals surface area contributed by atoms with Crippen LogP contribution in [0.5, 0.6) is 0 Å². The average Bonchev–Trinajstić information content (AvgIpc) is 2.36. The lowest BCUT2D eigenvalue weighted by atomic mass is 9.87. The zero-order chi connectivity index (χ0) is 13.0. The first-order chi connectivity index (χ1) is 8.67. The molecule has 0 bridgehead atoms. The van der Waals surface area contributed by atoms with Gasteiger partial charge in [0.2, 0.25) is 17.2 Å². The van der Waals surface area contributed by atoms with Gasteiger partial charge in [0.1, 0.15) is 0 Å². The number of anilines is 2. The maximum atomic E-state index is 9.60. The third-order valence-electron chi connectivity index (χ3n) is 3.14. The minimum absolute atomic E-state index is 0.166. The molecule has 1 aromatic heterocycles. The third kappa shape index (κ3) is 3.68. The van der Waals surface area contributed by atoms with E-state index in [0.29, 0.717) is 17.8 Å². The van der Waals surface area contributed by atoms with E-state index in [-0.39, 0.29) is 11.4 Å². The molecule has 6 nitrogen and oxygen atoms in total.